The molecule has 152 valence electrons. The standard InChI is InChI=1S/C23H26N2O4/c1-3-21(26)25-14-11-18-15-19(9-10-20(18)25)23(28)24(13-12-22(27)29-2)16-17-7-5-4-6-8-17/h4-10,15H,3,11-14,16H2,1-2H3. The summed E-state index contributed by atoms with van der Waals surface area (Å²) in [7, 11) is 1.34. The summed E-state index contributed by atoms with van der Waals surface area (Å²) in [6.45, 7) is 3.18. The lowest BCUT2D eigenvalue weighted by Gasteiger charge is -2.23. The number of rotatable bonds is 7. The van der Waals surface area contributed by atoms with Crippen LogP contribution >= 0.6 is 0 Å². The van der Waals surface area contributed by atoms with Crippen LogP contribution in [0.3, 0.4) is 0 Å². The topological polar surface area (TPSA) is 66.9 Å². The van der Waals surface area contributed by atoms with Crippen LogP contribution in [-0.4, -0.2) is 42.9 Å². The Labute approximate surface area is 171 Å². The predicted octanol–water partition coefficient (Wildman–Crippen LogP) is 3.19. The molecule has 2 aromatic carbocycles. The van der Waals surface area contributed by atoms with E-state index < -0.39 is 0 Å². The number of methoxy groups -OCH3 is 1. The van der Waals surface area contributed by atoms with E-state index in [4.69, 9.17) is 4.74 Å². The molecule has 0 saturated heterocycles. The summed E-state index contributed by atoms with van der Waals surface area (Å²) in [5, 5.41) is 0. The van der Waals surface area contributed by atoms with Crippen molar-refractivity contribution >= 4 is 23.5 Å². The zero-order valence-electron chi connectivity index (χ0n) is 16.9. The van der Waals surface area contributed by atoms with Gasteiger partial charge in [0.1, 0.15) is 0 Å². The van der Waals surface area contributed by atoms with Crippen molar-refractivity contribution in [2.45, 2.75) is 32.7 Å². The van der Waals surface area contributed by atoms with Gasteiger partial charge in [0.25, 0.3) is 5.91 Å². The van der Waals surface area contributed by atoms with Gasteiger partial charge >= 0.3 is 5.97 Å². The number of nitrogens with zero attached hydrogens (tertiary/aromatic N) is 2. The Balaban J connectivity index is 1.81. The highest BCUT2D eigenvalue weighted by Gasteiger charge is 2.25. The lowest BCUT2D eigenvalue weighted by Crippen LogP contribution is -2.33. The third-order valence-corrected chi connectivity index (χ3v) is 5.14. The minimum Gasteiger partial charge on any atom is -0.469 e. The number of hydrogen-bond donors (Lipinski definition) is 0. The second-order valence-corrected chi connectivity index (χ2v) is 7.03. The van der Waals surface area contributed by atoms with Gasteiger partial charge in [0.2, 0.25) is 5.91 Å². The number of amides is 2. The number of fused-ring (bicyclic) bond motifs is 1. The van der Waals surface area contributed by atoms with Crippen LogP contribution in [0, 0.1) is 0 Å². The fourth-order valence-electron chi connectivity index (χ4n) is 3.55. The van der Waals surface area contributed by atoms with Gasteiger partial charge < -0.3 is 14.5 Å². The molecule has 29 heavy (non-hydrogen) atoms. The van der Waals surface area contributed by atoms with Gasteiger partial charge in [-0.05, 0) is 35.7 Å². The first-order valence-electron chi connectivity index (χ1n) is 9.86. The molecule has 1 heterocycles. The number of carbonyl (C=O) groups excluding carboxylic acids is 3. The van der Waals surface area contributed by atoms with Gasteiger partial charge in [-0.2, -0.15) is 0 Å². The molecule has 0 unspecified atom stereocenters. The number of carbonyl (C=O) groups is 3. The summed E-state index contributed by atoms with van der Waals surface area (Å²) in [5.41, 5.74) is 3.45. The summed E-state index contributed by atoms with van der Waals surface area (Å²) < 4.78 is 4.73. The van der Waals surface area contributed by atoms with Crippen LogP contribution < -0.4 is 4.90 Å². The van der Waals surface area contributed by atoms with E-state index in [1.54, 1.807) is 15.9 Å². The van der Waals surface area contributed by atoms with Crippen LogP contribution in [0.25, 0.3) is 0 Å². The predicted molar refractivity (Wildman–Crippen MR) is 111 cm³/mol. The van der Waals surface area contributed by atoms with Crippen molar-refractivity contribution in [3.05, 3.63) is 65.2 Å². The maximum absolute atomic E-state index is 13.2. The molecule has 1 aliphatic heterocycles. The largest absolute Gasteiger partial charge is 0.469 e. The highest BCUT2D eigenvalue weighted by atomic mass is 16.5. The van der Waals surface area contributed by atoms with Crippen LogP contribution in [0.2, 0.25) is 0 Å². The SMILES string of the molecule is CCC(=O)N1CCc2cc(C(=O)N(CCC(=O)OC)Cc3ccccc3)ccc21. The molecule has 0 spiro atoms. The molecule has 0 saturated carbocycles. The van der Waals surface area contributed by atoms with Crippen molar-refractivity contribution < 1.29 is 19.1 Å². The van der Waals surface area contributed by atoms with Crippen LogP contribution in [0.5, 0.6) is 0 Å². The molecule has 1 aliphatic rings. The molecule has 0 N–H and O–H groups in total. The minimum absolute atomic E-state index is 0.0895. The van der Waals surface area contributed by atoms with Crippen LogP contribution in [0.15, 0.2) is 48.5 Å². The average Bonchev–Trinajstić information content (AvgIpc) is 3.19. The third-order valence-electron chi connectivity index (χ3n) is 5.14. The van der Waals surface area contributed by atoms with Crippen LogP contribution in [-0.2, 0) is 27.3 Å². The summed E-state index contributed by atoms with van der Waals surface area (Å²) in [6.07, 6.45) is 1.33. The zero-order chi connectivity index (χ0) is 20.8. The van der Waals surface area contributed by atoms with Gasteiger partial charge in [-0.1, -0.05) is 37.3 Å². The highest BCUT2D eigenvalue weighted by Crippen LogP contribution is 2.30. The van der Waals surface area contributed by atoms with Crippen molar-refractivity contribution in [3.63, 3.8) is 0 Å². The summed E-state index contributed by atoms with van der Waals surface area (Å²) in [4.78, 5) is 40.4. The summed E-state index contributed by atoms with van der Waals surface area (Å²) in [5.74, 6) is -0.397. The van der Waals surface area contributed by atoms with E-state index in [1.807, 2.05) is 49.4 Å². The molecular formula is C23H26N2O4. The van der Waals surface area contributed by atoms with Gasteiger partial charge in [-0.3, -0.25) is 14.4 Å². The first-order chi connectivity index (χ1) is 14.0. The van der Waals surface area contributed by atoms with Crippen LogP contribution in [0.1, 0.15) is 41.3 Å². The Hall–Kier alpha value is -3.15. The maximum Gasteiger partial charge on any atom is 0.307 e. The lowest BCUT2D eigenvalue weighted by atomic mass is 10.1. The normalized spacial score (nSPS) is 12.4. The van der Waals surface area contributed by atoms with Crippen molar-refractivity contribution in [2.75, 3.05) is 25.1 Å². The van der Waals surface area contributed by atoms with E-state index in [0.717, 1.165) is 23.2 Å². The molecule has 0 radical (unpaired) electrons. The molecule has 2 aromatic rings. The third kappa shape index (κ3) is 4.83. The molecule has 0 aliphatic carbocycles. The van der Waals surface area contributed by atoms with E-state index in [0.29, 0.717) is 25.1 Å². The Kier molecular flexibility index (Phi) is 6.65. The Morgan fingerprint density at radius 3 is 2.55 bits per heavy atom. The number of esters is 1. The fraction of sp³-hybridized carbons (Fsp3) is 0.348. The Morgan fingerprint density at radius 2 is 1.86 bits per heavy atom. The molecule has 6 nitrogen and oxygen atoms in total. The average molecular weight is 394 g/mol. The highest BCUT2D eigenvalue weighted by molar-refractivity contribution is 5.98. The fourth-order valence-corrected chi connectivity index (χ4v) is 3.55. The Morgan fingerprint density at radius 1 is 1.10 bits per heavy atom. The number of hydrogen-bond acceptors (Lipinski definition) is 4. The van der Waals surface area contributed by atoms with Crippen molar-refractivity contribution in [1.82, 2.24) is 4.90 Å². The minimum atomic E-state index is -0.349. The smallest absolute Gasteiger partial charge is 0.307 e. The second kappa shape index (κ2) is 9.37. The Bertz CT molecular complexity index is 895. The van der Waals surface area contributed by atoms with Crippen molar-refractivity contribution in [1.29, 1.82) is 0 Å². The molecule has 0 atom stereocenters. The molecular weight excluding hydrogens is 368 g/mol. The van der Waals surface area contributed by atoms with Gasteiger partial charge in [0.15, 0.2) is 0 Å². The van der Waals surface area contributed by atoms with Gasteiger partial charge in [0.05, 0.1) is 13.5 Å². The maximum atomic E-state index is 13.2. The molecule has 6 heteroatoms. The van der Waals surface area contributed by atoms with E-state index in [-0.39, 0.29) is 30.7 Å². The van der Waals surface area contributed by atoms with Crippen molar-refractivity contribution in [2.24, 2.45) is 0 Å². The monoisotopic (exact) mass is 394 g/mol. The summed E-state index contributed by atoms with van der Waals surface area (Å²) >= 11 is 0. The van der Waals surface area contributed by atoms with Gasteiger partial charge in [0, 0.05) is 37.3 Å². The van der Waals surface area contributed by atoms with E-state index in [9.17, 15) is 14.4 Å². The van der Waals surface area contributed by atoms with Gasteiger partial charge in [-0.25, -0.2) is 0 Å². The first-order valence-corrected chi connectivity index (χ1v) is 9.86. The number of anilines is 1. The van der Waals surface area contributed by atoms with E-state index in [1.165, 1.54) is 7.11 Å². The number of benzene rings is 2. The number of ether oxygens (including phenoxy) is 1. The van der Waals surface area contributed by atoms with Crippen molar-refractivity contribution in [3.8, 4) is 0 Å². The van der Waals surface area contributed by atoms with Crippen LogP contribution in [0.4, 0.5) is 5.69 Å². The first kappa shape index (κ1) is 20.6. The second-order valence-electron chi connectivity index (χ2n) is 7.03. The van der Waals surface area contributed by atoms with E-state index >= 15 is 0 Å². The van der Waals surface area contributed by atoms with Gasteiger partial charge in [-0.15, -0.1) is 0 Å². The molecule has 0 fully saturated rings. The quantitative estimate of drug-likeness (QED) is 0.677. The molecule has 3 rings (SSSR count). The lowest BCUT2D eigenvalue weighted by molar-refractivity contribution is -0.140. The van der Waals surface area contributed by atoms with E-state index in [2.05, 4.69) is 0 Å². The summed E-state index contributed by atoms with van der Waals surface area (Å²) in [6, 6.07) is 15.2. The molecule has 0 bridgehead atoms. The molecule has 2 amide bonds. The molecule has 0 aromatic heterocycles. The zero-order valence-corrected chi connectivity index (χ0v) is 16.9.